The molecule has 98 valence electrons. The molecule has 1 rings (SSSR count). The van der Waals surface area contributed by atoms with Crippen LogP contribution in [0.5, 0.6) is 0 Å². The molecule has 0 bridgehead atoms. The first-order valence-electron chi connectivity index (χ1n) is 5.85. The maximum Gasteiger partial charge on any atom is 0.319 e. The molecule has 4 heteroatoms. The highest BCUT2D eigenvalue weighted by Crippen LogP contribution is 2.26. The van der Waals surface area contributed by atoms with Crippen molar-refractivity contribution in [2.45, 2.75) is 20.3 Å². The Morgan fingerprint density at radius 1 is 1.28 bits per heavy atom. The molecule has 3 nitrogen and oxygen atoms in total. The van der Waals surface area contributed by atoms with Crippen molar-refractivity contribution in [3.63, 3.8) is 0 Å². The second kappa shape index (κ2) is 6.55. The van der Waals surface area contributed by atoms with Gasteiger partial charge in [0.25, 0.3) is 0 Å². The molecule has 1 aromatic rings. The fraction of sp³-hybridized carbons (Fsp3) is 0.429. The Kier molecular flexibility index (Phi) is 5.35. The average Bonchev–Trinajstić information content (AvgIpc) is 2.39. The lowest BCUT2D eigenvalue weighted by molar-refractivity contribution is -0.158. The summed E-state index contributed by atoms with van der Waals surface area (Å²) in [5, 5.41) is 0. The van der Waals surface area contributed by atoms with Crippen molar-refractivity contribution < 1.29 is 14.3 Å². The third-order valence-electron chi connectivity index (χ3n) is 2.86. The largest absolute Gasteiger partial charge is 0.465 e. The molecule has 0 heterocycles. The summed E-state index contributed by atoms with van der Waals surface area (Å²) >= 11 is 5.59. The molecule has 0 N–H and O–H groups in total. The van der Waals surface area contributed by atoms with E-state index in [4.69, 9.17) is 16.3 Å². The van der Waals surface area contributed by atoms with Crippen LogP contribution < -0.4 is 0 Å². The number of ketones is 1. The zero-order valence-electron chi connectivity index (χ0n) is 10.6. The Morgan fingerprint density at radius 2 is 1.89 bits per heavy atom. The smallest absolute Gasteiger partial charge is 0.319 e. The Morgan fingerprint density at radius 3 is 2.39 bits per heavy atom. The van der Waals surface area contributed by atoms with E-state index in [9.17, 15) is 9.59 Å². The number of benzene rings is 1. The van der Waals surface area contributed by atoms with Crippen LogP contribution in [0, 0.1) is 5.41 Å². The number of hydrogen-bond acceptors (Lipinski definition) is 3. The maximum absolute atomic E-state index is 12.0. The van der Waals surface area contributed by atoms with Gasteiger partial charge in [0.2, 0.25) is 0 Å². The molecular weight excluding hydrogens is 252 g/mol. The number of rotatable bonds is 6. The molecule has 1 atom stereocenters. The van der Waals surface area contributed by atoms with Gasteiger partial charge in [-0.2, -0.15) is 0 Å². The molecule has 0 aliphatic rings. The molecule has 0 fully saturated rings. The molecule has 0 aliphatic heterocycles. The van der Waals surface area contributed by atoms with E-state index in [2.05, 4.69) is 0 Å². The number of carbonyl (C=O) groups excluding carboxylic acids is 2. The molecule has 0 aromatic heterocycles. The van der Waals surface area contributed by atoms with Gasteiger partial charge in [0.05, 0.1) is 12.5 Å². The first kappa shape index (κ1) is 14.7. The van der Waals surface area contributed by atoms with Crippen LogP contribution in [0.4, 0.5) is 0 Å². The lowest BCUT2D eigenvalue weighted by Crippen LogP contribution is -2.40. The number of hydrogen-bond donors (Lipinski definition) is 0. The topological polar surface area (TPSA) is 43.4 Å². The van der Waals surface area contributed by atoms with Crippen LogP contribution >= 0.6 is 11.6 Å². The van der Waals surface area contributed by atoms with Gasteiger partial charge in [-0.3, -0.25) is 9.59 Å². The van der Waals surface area contributed by atoms with Crippen molar-refractivity contribution >= 4 is 23.4 Å². The second-order valence-electron chi connectivity index (χ2n) is 4.27. The van der Waals surface area contributed by atoms with E-state index >= 15 is 0 Å². The Labute approximate surface area is 112 Å². The summed E-state index contributed by atoms with van der Waals surface area (Å²) in [5.41, 5.74) is -0.300. The van der Waals surface area contributed by atoms with Crippen molar-refractivity contribution in [3.8, 4) is 0 Å². The summed E-state index contributed by atoms with van der Waals surface area (Å²) in [5.74, 6) is -1.02. The zero-order chi connectivity index (χ0) is 13.6. The maximum atomic E-state index is 12.0. The van der Waals surface area contributed by atoms with E-state index < -0.39 is 11.4 Å². The minimum absolute atomic E-state index is 0.192. The van der Waals surface area contributed by atoms with Gasteiger partial charge in [-0.1, -0.05) is 30.3 Å². The Bertz CT molecular complexity index is 416. The molecule has 0 spiro atoms. The number of alkyl halides is 1. The fourth-order valence-corrected chi connectivity index (χ4v) is 2.02. The molecule has 18 heavy (non-hydrogen) atoms. The van der Waals surface area contributed by atoms with Gasteiger partial charge in [0.15, 0.2) is 5.78 Å². The summed E-state index contributed by atoms with van der Waals surface area (Å²) in [6.07, 6.45) is 0.304. The van der Waals surface area contributed by atoms with Gasteiger partial charge in [0, 0.05) is 0 Å². The SMILES string of the molecule is CCOC(=O)C(C)(Cc1ccccc1)C(=O)CCl. The summed E-state index contributed by atoms with van der Waals surface area (Å²) in [6.45, 7) is 3.55. The quantitative estimate of drug-likeness (QED) is 0.452. The number of halogens is 1. The van der Waals surface area contributed by atoms with Crippen LogP contribution in [-0.2, 0) is 20.7 Å². The molecule has 0 radical (unpaired) electrons. The molecule has 0 saturated heterocycles. The van der Waals surface area contributed by atoms with Crippen molar-refractivity contribution in [2.24, 2.45) is 5.41 Å². The highest BCUT2D eigenvalue weighted by atomic mass is 35.5. The summed E-state index contributed by atoms with van der Waals surface area (Å²) in [6, 6.07) is 9.37. The first-order valence-corrected chi connectivity index (χ1v) is 6.38. The zero-order valence-corrected chi connectivity index (χ0v) is 11.4. The number of ether oxygens (including phenoxy) is 1. The van der Waals surface area contributed by atoms with Gasteiger partial charge < -0.3 is 4.74 Å². The number of carbonyl (C=O) groups is 2. The normalized spacial score (nSPS) is 13.7. The molecule has 0 aliphatic carbocycles. The summed E-state index contributed by atoms with van der Waals surface area (Å²) in [7, 11) is 0. The van der Waals surface area contributed by atoms with Gasteiger partial charge in [0.1, 0.15) is 5.41 Å². The minimum Gasteiger partial charge on any atom is -0.465 e. The predicted molar refractivity (Wildman–Crippen MR) is 70.6 cm³/mol. The minimum atomic E-state index is -1.21. The lowest BCUT2D eigenvalue weighted by atomic mass is 9.80. The van der Waals surface area contributed by atoms with Gasteiger partial charge in [-0.05, 0) is 25.8 Å². The fourth-order valence-electron chi connectivity index (χ4n) is 1.73. The Hall–Kier alpha value is -1.35. The van der Waals surface area contributed by atoms with Crippen LogP contribution in [0.2, 0.25) is 0 Å². The van der Waals surface area contributed by atoms with Crippen molar-refractivity contribution in [3.05, 3.63) is 35.9 Å². The van der Waals surface area contributed by atoms with E-state index in [1.165, 1.54) is 0 Å². The number of esters is 1. The van der Waals surface area contributed by atoms with Gasteiger partial charge in [-0.25, -0.2) is 0 Å². The van der Waals surface area contributed by atoms with Gasteiger partial charge in [-0.15, -0.1) is 11.6 Å². The second-order valence-corrected chi connectivity index (χ2v) is 4.54. The third-order valence-corrected chi connectivity index (χ3v) is 3.11. The van der Waals surface area contributed by atoms with Crippen LogP contribution in [0.25, 0.3) is 0 Å². The summed E-state index contributed by atoms with van der Waals surface area (Å²) in [4.78, 5) is 23.9. The predicted octanol–water partition coefficient (Wildman–Crippen LogP) is 2.61. The van der Waals surface area contributed by atoms with Crippen molar-refractivity contribution in [2.75, 3.05) is 12.5 Å². The third kappa shape index (κ3) is 3.33. The van der Waals surface area contributed by atoms with Gasteiger partial charge >= 0.3 is 5.97 Å². The first-order chi connectivity index (χ1) is 8.54. The molecule has 1 unspecified atom stereocenters. The highest BCUT2D eigenvalue weighted by Gasteiger charge is 2.41. The van der Waals surface area contributed by atoms with Crippen molar-refractivity contribution in [1.29, 1.82) is 0 Å². The van der Waals surface area contributed by atoms with Crippen LogP contribution in [-0.4, -0.2) is 24.2 Å². The number of Topliss-reactive ketones (excluding diaryl/α,β-unsaturated/α-hetero) is 1. The standard InChI is InChI=1S/C14H17ClO3/c1-3-18-13(17)14(2,12(16)10-15)9-11-7-5-4-6-8-11/h4-8H,3,9-10H2,1-2H3. The summed E-state index contributed by atoms with van der Waals surface area (Å²) < 4.78 is 4.98. The van der Waals surface area contributed by atoms with E-state index in [0.717, 1.165) is 5.56 Å². The molecule has 0 saturated carbocycles. The van der Waals surface area contributed by atoms with E-state index in [-0.39, 0.29) is 18.3 Å². The van der Waals surface area contributed by atoms with Crippen LogP contribution in [0.3, 0.4) is 0 Å². The van der Waals surface area contributed by atoms with Crippen LogP contribution in [0.15, 0.2) is 30.3 Å². The van der Waals surface area contributed by atoms with E-state index in [0.29, 0.717) is 6.42 Å². The molecule has 0 amide bonds. The highest BCUT2D eigenvalue weighted by molar-refractivity contribution is 6.30. The average molecular weight is 269 g/mol. The van der Waals surface area contributed by atoms with Crippen LogP contribution in [0.1, 0.15) is 19.4 Å². The van der Waals surface area contributed by atoms with Crippen molar-refractivity contribution in [1.82, 2.24) is 0 Å². The van der Waals surface area contributed by atoms with E-state index in [1.54, 1.807) is 13.8 Å². The molecule has 1 aromatic carbocycles. The Balaban J connectivity index is 2.98. The monoisotopic (exact) mass is 268 g/mol. The molecular formula is C14H17ClO3. The van der Waals surface area contributed by atoms with E-state index in [1.807, 2.05) is 30.3 Å². The lowest BCUT2D eigenvalue weighted by Gasteiger charge is -2.25.